The van der Waals surface area contributed by atoms with Gasteiger partial charge in [0.05, 0.1) is 17.0 Å². The number of benzene rings is 1. The van der Waals surface area contributed by atoms with Gasteiger partial charge in [-0.2, -0.15) is 0 Å². The number of nitrogens with zero attached hydrogens (tertiary/aromatic N) is 4. The summed E-state index contributed by atoms with van der Waals surface area (Å²) in [6.07, 6.45) is 1.56. The maximum atomic E-state index is 12.4. The topological polar surface area (TPSA) is 88.7 Å². The first-order valence-electron chi connectivity index (χ1n) is 6.97. The Kier molecular flexibility index (Phi) is 4.75. The molecule has 0 radical (unpaired) electrons. The maximum Gasteiger partial charge on any atom is 0.271 e. The number of aromatic nitrogens is 1. The molecule has 0 aliphatic carbocycles. The van der Waals surface area contributed by atoms with Gasteiger partial charge in [-0.15, -0.1) is 0 Å². The van der Waals surface area contributed by atoms with E-state index in [1.165, 1.54) is 21.6 Å². The van der Waals surface area contributed by atoms with E-state index in [1.54, 1.807) is 44.4 Å². The highest BCUT2D eigenvalue weighted by Gasteiger charge is 2.17. The molecular formula is C15H18N4O4. The van der Waals surface area contributed by atoms with Gasteiger partial charge >= 0.3 is 0 Å². The van der Waals surface area contributed by atoms with E-state index in [0.717, 1.165) is 5.39 Å². The zero-order valence-corrected chi connectivity index (χ0v) is 13.2. The average molecular weight is 318 g/mol. The minimum atomic E-state index is -0.506. The number of carbonyl (C=O) groups is 2. The summed E-state index contributed by atoms with van der Waals surface area (Å²) in [6.45, 7) is 0.112. The summed E-state index contributed by atoms with van der Waals surface area (Å²) < 4.78 is 1.34. The molecule has 0 aliphatic rings. The molecule has 0 unspecified atom stereocenters. The van der Waals surface area contributed by atoms with E-state index in [-0.39, 0.29) is 30.6 Å². The summed E-state index contributed by atoms with van der Waals surface area (Å²) in [6, 6.07) is 6.05. The second-order valence-electron chi connectivity index (χ2n) is 5.57. The van der Waals surface area contributed by atoms with Crippen molar-refractivity contribution in [1.29, 1.82) is 0 Å². The van der Waals surface area contributed by atoms with Gasteiger partial charge in [0.15, 0.2) is 0 Å². The van der Waals surface area contributed by atoms with Gasteiger partial charge in [-0.1, -0.05) is 0 Å². The van der Waals surface area contributed by atoms with Gasteiger partial charge in [0, 0.05) is 30.8 Å². The van der Waals surface area contributed by atoms with Crippen LogP contribution in [-0.2, 0) is 4.79 Å². The highest BCUT2D eigenvalue weighted by atomic mass is 16.6. The first-order valence-corrected chi connectivity index (χ1v) is 6.97. The largest absolute Gasteiger partial charge is 0.335 e. The molecule has 0 fully saturated rings. The van der Waals surface area contributed by atoms with Crippen molar-refractivity contribution in [1.82, 2.24) is 14.4 Å². The van der Waals surface area contributed by atoms with Crippen LogP contribution in [0.5, 0.6) is 0 Å². The molecule has 8 nitrogen and oxygen atoms in total. The Labute approximate surface area is 133 Å². The SMILES string of the molecule is CN(C)CC(=O)N(C)CC(=O)n1ccc2ccc([N+](=O)[O-])cc21. The number of nitro groups is 1. The molecule has 0 N–H and O–H groups in total. The zero-order valence-electron chi connectivity index (χ0n) is 13.2. The molecule has 1 aromatic carbocycles. The molecule has 122 valence electrons. The van der Waals surface area contributed by atoms with Gasteiger partial charge in [-0.25, -0.2) is 0 Å². The van der Waals surface area contributed by atoms with Crippen molar-refractivity contribution in [2.75, 3.05) is 34.2 Å². The van der Waals surface area contributed by atoms with E-state index in [0.29, 0.717) is 5.52 Å². The van der Waals surface area contributed by atoms with Crippen LogP contribution >= 0.6 is 0 Å². The second-order valence-corrected chi connectivity index (χ2v) is 5.57. The van der Waals surface area contributed by atoms with Crippen molar-refractivity contribution in [3.8, 4) is 0 Å². The summed E-state index contributed by atoms with van der Waals surface area (Å²) in [7, 11) is 5.09. The van der Waals surface area contributed by atoms with Gasteiger partial charge in [0.1, 0.15) is 6.54 Å². The molecule has 0 atom stereocenters. The minimum absolute atomic E-state index is 0.0812. The molecule has 0 aliphatic heterocycles. The normalized spacial score (nSPS) is 11.0. The fourth-order valence-electron chi connectivity index (χ4n) is 2.21. The molecule has 0 bridgehead atoms. The van der Waals surface area contributed by atoms with Crippen LogP contribution in [0.3, 0.4) is 0 Å². The first-order chi connectivity index (χ1) is 10.8. The molecule has 23 heavy (non-hydrogen) atoms. The Morgan fingerprint density at radius 3 is 2.48 bits per heavy atom. The first kappa shape index (κ1) is 16.6. The minimum Gasteiger partial charge on any atom is -0.335 e. The summed E-state index contributed by atoms with van der Waals surface area (Å²) in [5.74, 6) is -0.499. The lowest BCUT2D eigenvalue weighted by molar-refractivity contribution is -0.384. The number of non-ortho nitro benzene ring substituents is 1. The third-order valence-corrected chi connectivity index (χ3v) is 3.41. The predicted octanol–water partition coefficient (Wildman–Crippen LogP) is 1.21. The third-order valence-electron chi connectivity index (χ3n) is 3.41. The Hall–Kier alpha value is -2.74. The molecule has 2 rings (SSSR count). The van der Waals surface area contributed by atoms with Crippen molar-refractivity contribution in [3.05, 3.63) is 40.6 Å². The van der Waals surface area contributed by atoms with Crippen LogP contribution in [0.2, 0.25) is 0 Å². The van der Waals surface area contributed by atoms with Crippen molar-refractivity contribution in [2.24, 2.45) is 0 Å². The number of amides is 1. The monoisotopic (exact) mass is 318 g/mol. The Bertz CT molecular complexity index is 766. The van der Waals surface area contributed by atoms with E-state index in [9.17, 15) is 19.7 Å². The fourth-order valence-corrected chi connectivity index (χ4v) is 2.21. The lowest BCUT2D eigenvalue weighted by Crippen LogP contribution is -2.39. The summed E-state index contributed by atoms with van der Waals surface area (Å²) in [5.41, 5.74) is 0.375. The summed E-state index contributed by atoms with van der Waals surface area (Å²) in [5, 5.41) is 11.6. The van der Waals surface area contributed by atoms with E-state index < -0.39 is 4.92 Å². The molecule has 0 saturated heterocycles. The number of carbonyl (C=O) groups excluding carboxylic acids is 2. The van der Waals surface area contributed by atoms with Crippen LogP contribution in [0.1, 0.15) is 4.79 Å². The standard InChI is InChI=1S/C15H18N4O4/c1-16(2)9-14(20)17(3)10-15(21)18-7-6-11-4-5-12(19(22)23)8-13(11)18/h4-8H,9-10H2,1-3H3. The number of fused-ring (bicyclic) bond motifs is 1. The molecule has 1 aromatic heterocycles. The quantitative estimate of drug-likeness (QED) is 0.610. The summed E-state index contributed by atoms with van der Waals surface area (Å²) >= 11 is 0. The lowest BCUT2D eigenvalue weighted by Gasteiger charge is -2.19. The third kappa shape index (κ3) is 3.72. The maximum absolute atomic E-state index is 12.4. The number of nitro benzene ring substituents is 1. The second kappa shape index (κ2) is 6.57. The van der Waals surface area contributed by atoms with Crippen LogP contribution in [0.4, 0.5) is 5.69 Å². The van der Waals surface area contributed by atoms with Crippen LogP contribution in [0.15, 0.2) is 30.5 Å². The van der Waals surface area contributed by atoms with Crippen molar-refractivity contribution >= 4 is 28.4 Å². The highest BCUT2D eigenvalue weighted by Crippen LogP contribution is 2.21. The number of likely N-dealkylation sites (N-methyl/N-ethyl adjacent to an activating group) is 2. The van der Waals surface area contributed by atoms with Crippen molar-refractivity contribution < 1.29 is 14.5 Å². The molecule has 1 heterocycles. The van der Waals surface area contributed by atoms with E-state index in [4.69, 9.17) is 0 Å². The fraction of sp³-hybridized carbons (Fsp3) is 0.333. The number of rotatable bonds is 5. The number of hydrogen-bond acceptors (Lipinski definition) is 5. The average Bonchev–Trinajstić information content (AvgIpc) is 2.89. The van der Waals surface area contributed by atoms with Crippen molar-refractivity contribution in [2.45, 2.75) is 0 Å². The van der Waals surface area contributed by atoms with E-state index in [2.05, 4.69) is 0 Å². The predicted molar refractivity (Wildman–Crippen MR) is 85.4 cm³/mol. The van der Waals surface area contributed by atoms with E-state index in [1.807, 2.05) is 0 Å². The van der Waals surface area contributed by atoms with Crippen LogP contribution < -0.4 is 0 Å². The van der Waals surface area contributed by atoms with Crippen LogP contribution in [0.25, 0.3) is 10.9 Å². The van der Waals surface area contributed by atoms with Gasteiger partial charge < -0.3 is 9.80 Å². The van der Waals surface area contributed by atoms with Crippen molar-refractivity contribution in [3.63, 3.8) is 0 Å². The molecule has 1 amide bonds. The van der Waals surface area contributed by atoms with Gasteiger partial charge in [0.25, 0.3) is 11.6 Å². The van der Waals surface area contributed by atoms with E-state index >= 15 is 0 Å². The molecule has 0 spiro atoms. The Morgan fingerprint density at radius 1 is 1.17 bits per heavy atom. The Balaban J connectivity index is 2.22. The van der Waals surface area contributed by atoms with Crippen LogP contribution in [0, 0.1) is 10.1 Å². The highest BCUT2D eigenvalue weighted by molar-refractivity contribution is 5.95. The Morgan fingerprint density at radius 2 is 1.87 bits per heavy atom. The summed E-state index contributed by atoms with van der Waals surface area (Å²) in [4.78, 5) is 37.7. The zero-order chi connectivity index (χ0) is 17.1. The molecule has 2 aromatic rings. The lowest BCUT2D eigenvalue weighted by atomic mass is 10.2. The smallest absolute Gasteiger partial charge is 0.271 e. The van der Waals surface area contributed by atoms with Gasteiger partial charge in [-0.05, 0) is 26.2 Å². The van der Waals surface area contributed by atoms with Gasteiger partial charge in [0.2, 0.25) is 5.91 Å². The molecule has 0 saturated carbocycles. The molecule has 8 heteroatoms. The molecular weight excluding hydrogens is 300 g/mol. The van der Waals surface area contributed by atoms with Crippen LogP contribution in [-0.4, -0.2) is 65.3 Å². The van der Waals surface area contributed by atoms with Gasteiger partial charge in [-0.3, -0.25) is 24.3 Å². The number of hydrogen-bond donors (Lipinski definition) is 0.